The standard InChI is InChI=1S/C22H22F2N4/c1-5-17-8-9-20(28-27-17)19-13-18(7-6-14(19)2)26-15(3)16-10-11-25-21(12-16)22(4,23)24/h6-13,26H,3,5H2,1-2,4H3. The lowest BCUT2D eigenvalue weighted by Gasteiger charge is -2.15. The van der Waals surface area contributed by atoms with Crippen molar-refractivity contribution < 1.29 is 8.78 Å². The van der Waals surface area contributed by atoms with Gasteiger partial charge in [0.05, 0.1) is 11.4 Å². The van der Waals surface area contributed by atoms with Gasteiger partial charge in [-0.3, -0.25) is 4.98 Å². The van der Waals surface area contributed by atoms with Gasteiger partial charge < -0.3 is 5.32 Å². The van der Waals surface area contributed by atoms with Crippen molar-refractivity contribution in [3.05, 3.63) is 77.8 Å². The number of alkyl halides is 2. The van der Waals surface area contributed by atoms with Crippen LogP contribution in [-0.4, -0.2) is 15.2 Å². The van der Waals surface area contributed by atoms with Crippen molar-refractivity contribution in [3.8, 4) is 11.3 Å². The lowest BCUT2D eigenvalue weighted by molar-refractivity contribution is 0.0127. The zero-order valence-corrected chi connectivity index (χ0v) is 16.1. The van der Waals surface area contributed by atoms with Gasteiger partial charge in [0, 0.05) is 35.6 Å². The van der Waals surface area contributed by atoms with Crippen molar-refractivity contribution in [2.75, 3.05) is 5.32 Å². The van der Waals surface area contributed by atoms with Gasteiger partial charge in [0.2, 0.25) is 0 Å². The van der Waals surface area contributed by atoms with Crippen molar-refractivity contribution in [2.45, 2.75) is 33.1 Å². The molecule has 6 heteroatoms. The Balaban J connectivity index is 1.86. The number of hydrogen-bond donors (Lipinski definition) is 1. The number of nitrogens with one attached hydrogen (secondary N) is 1. The molecule has 3 rings (SSSR count). The number of aryl methyl sites for hydroxylation is 2. The van der Waals surface area contributed by atoms with E-state index in [4.69, 9.17) is 0 Å². The number of anilines is 1. The number of halogens is 2. The second-order valence-electron chi connectivity index (χ2n) is 6.71. The molecule has 0 atom stereocenters. The summed E-state index contributed by atoms with van der Waals surface area (Å²) in [5, 5.41) is 11.7. The van der Waals surface area contributed by atoms with E-state index in [1.54, 1.807) is 6.07 Å². The minimum absolute atomic E-state index is 0.288. The van der Waals surface area contributed by atoms with Gasteiger partial charge in [-0.2, -0.15) is 19.0 Å². The van der Waals surface area contributed by atoms with Gasteiger partial charge in [0.25, 0.3) is 5.92 Å². The van der Waals surface area contributed by atoms with Crippen LogP contribution in [0.15, 0.2) is 55.2 Å². The monoisotopic (exact) mass is 380 g/mol. The second kappa shape index (κ2) is 7.84. The van der Waals surface area contributed by atoms with Crippen LogP contribution in [0, 0.1) is 6.92 Å². The maximum Gasteiger partial charge on any atom is 0.286 e. The highest BCUT2D eigenvalue weighted by molar-refractivity contribution is 5.78. The molecular formula is C22H22F2N4. The number of hydrogen-bond acceptors (Lipinski definition) is 4. The molecule has 144 valence electrons. The topological polar surface area (TPSA) is 50.7 Å². The Kier molecular flexibility index (Phi) is 5.49. The van der Waals surface area contributed by atoms with E-state index in [0.29, 0.717) is 11.3 Å². The average Bonchev–Trinajstić information content (AvgIpc) is 2.69. The van der Waals surface area contributed by atoms with Gasteiger partial charge in [-0.05, 0) is 55.3 Å². The van der Waals surface area contributed by atoms with E-state index in [1.165, 1.54) is 12.3 Å². The molecule has 0 spiro atoms. The van der Waals surface area contributed by atoms with E-state index in [0.717, 1.165) is 41.5 Å². The van der Waals surface area contributed by atoms with E-state index in [9.17, 15) is 8.78 Å². The van der Waals surface area contributed by atoms with Crippen LogP contribution >= 0.6 is 0 Å². The summed E-state index contributed by atoms with van der Waals surface area (Å²) < 4.78 is 27.1. The Morgan fingerprint density at radius 1 is 1.11 bits per heavy atom. The van der Waals surface area contributed by atoms with Crippen LogP contribution in [0.1, 0.15) is 36.4 Å². The van der Waals surface area contributed by atoms with Crippen molar-refractivity contribution in [2.24, 2.45) is 0 Å². The maximum atomic E-state index is 13.5. The average molecular weight is 380 g/mol. The van der Waals surface area contributed by atoms with Crippen molar-refractivity contribution in [1.82, 2.24) is 15.2 Å². The molecule has 1 aromatic carbocycles. The van der Waals surface area contributed by atoms with Crippen molar-refractivity contribution in [3.63, 3.8) is 0 Å². The van der Waals surface area contributed by atoms with Crippen LogP contribution in [0.25, 0.3) is 17.0 Å². The van der Waals surface area contributed by atoms with Crippen molar-refractivity contribution in [1.29, 1.82) is 0 Å². The summed E-state index contributed by atoms with van der Waals surface area (Å²) in [4.78, 5) is 3.75. The molecule has 3 aromatic rings. The number of pyridine rings is 1. The minimum Gasteiger partial charge on any atom is -0.356 e. The molecule has 2 heterocycles. The second-order valence-corrected chi connectivity index (χ2v) is 6.71. The fraction of sp³-hybridized carbons (Fsp3) is 0.227. The summed E-state index contributed by atoms with van der Waals surface area (Å²) in [6.07, 6.45) is 2.19. The summed E-state index contributed by atoms with van der Waals surface area (Å²) in [5.41, 5.74) is 5.29. The predicted octanol–water partition coefficient (Wildman–Crippen LogP) is 5.60. The van der Waals surface area contributed by atoms with E-state index in [2.05, 4.69) is 27.1 Å². The number of benzene rings is 1. The van der Waals surface area contributed by atoms with Crippen LogP contribution in [0.2, 0.25) is 0 Å². The molecule has 28 heavy (non-hydrogen) atoms. The largest absolute Gasteiger partial charge is 0.356 e. The molecule has 0 saturated heterocycles. The minimum atomic E-state index is -3.00. The van der Waals surface area contributed by atoms with Gasteiger partial charge >= 0.3 is 0 Å². The summed E-state index contributed by atoms with van der Waals surface area (Å²) in [6.45, 7) is 8.84. The van der Waals surface area contributed by atoms with E-state index < -0.39 is 5.92 Å². The van der Waals surface area contributed by atoms with E-state index in [-0.39, 0.29) is 5.69 Å². The van der Waals surface area contributed by atoms with Gasteiger partial charge in [-0.15, -0.1) is 0 Å². The SMILES string of the molecule is C=C(Nc1ccc(C)c(-c2ccc(CC)nn2)c1)c1ccnc(C(C)(F)F)c1. The fourth-order valence-electron chi connectivity index (χ4n) is 2.77. The maximum absolute atomic E-state index is 13.5. The quantitative estimate of drug-likeness (QED) is 0.604. The van der Waals surface area contributed by atoms with Gasteiger partial charge in [-0.25, -0.2) is 0 Å². The third-order valence-corrected chi connectivity index (χ3v) is 4.45. The van der Waals surface area contributed by atoms with Gasteiger partial charge in [0.15, 0.2) is 0 Å². The first kappa shape index (κ1) is 19.6. The first-order valence-electron chi connectivity index (χ1n) is 9.02. The van der Waals surface area contributed by atoms with Gasteiger partial charge in [0.1, 0.15) is 5.69 Å². The van der Waals surface area contributed by atoms with Gasteiger partial charge in [-0.1, -0.05) is 19.6 Å². The molecule has 0 saturated carbocycles. The third-order valence-electron chi connectivity index (χ3n) is 4.45. The molecule has 4 nitrogen and oxygen atoms in total. The summed E-state index contributed by atoms with van der Waals surface area (Å²) in [6, 6.07) is 12.7. The highest BCUT2D eigenvalue weighted by Gasteiger charge is 2.26. The molecule has 0 aliphatic rings. The Morgan fingerprint density at radius 2 is 1.89 bits per heavy atom. The molecule has 0 unspecified atom stereocenters. The van der Waals surface area contributed by atoms with Crippen molar-refractivity contribution >= 4 is 11.4 Å². The van der Waals surface area contributed by atoms with Crippen LogP contribution in [-0.2, 0) is 12.3 Å². The molecule has 2 aromatic heterocycles. The lowest BCUT2D eigenvalue weighted by Crippen LogP contribution is -2.10. The lowest BCUT2D eigenvalue weighted by atomic mass is 10.0. The fourth-order valence-corrected chi connectivity index (χ4v) is 2.77. The number of rotatable bonds is 6. The Labute approximate surface area is 163 Å². The third kappa shape index (κ3) is 4.39. The zero-order chi connectivity index (χ0) is 20.3. The van der Waals surface area contributed by atoms with E-state index in [1.807, 2.05) is 44.2 Å². The first-order valence-corrected chi connectivity index (χ1v) is 9.02. The molecule has 0 fully saturated rings. The number of nitrogens with zero attached hydrogens (tertiary/aromatic N) is 3. The highest BCUT2D eigenvalue weighted by Crippen LogP contribution is 2.29. The normalized spacial score (nSPS) is 11.3. The summed E-state index contributed by atoms with van der Waals surface area (Å²) in [7, 11) is 0. The molecule has 0 aliphatic carbocycles. The molecular weight excluding hydrogens is 358 g/mol. The Hall–Kier alpha value is -3.15. The smallest absolute Gasteiger partial charge is 0.286 e. The Bertz CT molecular complexity index is 992. The molecule has 0 bridgehead atoms. The van der Waals surface area contributed by atoms with Crippen LogP contribution < -0.4 is 5.32 Å². The van der Waals surface area contributed by atoms with Crippen LogP contribution in [0.3, 0.4) is 0 Å². The number of aromatic nitrogens is 3. The van der Waals surface area contributed by atoms with E-state index >= 15 is 0 Å². The molecule has 0 amide bonds. The summed E-state index contributed by atoms with van der Waals surface area (Å²) in [5.74, 6) is -3.00. The highest BCUT2D eigenvalue weighted by atomic mass is 19.3. The molecule has 1 N–H and O–H groups in total. The molecule has 0 aliphatic heterocycles. The Morgan fingerprint density at radius 3 is 2.54 bits per heavy atom. The van der Waals surface area contributed by atoms with Crippen LogP contribution in [0.4, 0.5) is 14.5 Å². The first-order chi connectivity index (χ1) is 13.3. The zero-order valence-electron chi connectivity index (χ0n) is 16.1. The summed E-state index contributed by atoms with van der Waals surface area (Å²) >= 11 is 0. The van der Waals surface area contributed by atoms with Crippen LogP contribution in [0.5, 0.6) is 0 Å². The predicted molar refractivity (Wildman–Crippen MR) is 108 cm³/mol. The molecule has 0 radical (unpaired) electrons.